The van der Waals surface area contributed by atoms with Crippen molar-refractivity contribution in [3.05, 3.63) is 42.1 Å². The number of aromatic nitrogens is 3. The Labute approximate surface area is 180 Å². The third-order valence-electron chi connectivity index (χ3n) is 4.88. The van der Waals surface area contributed by atoms with Gasteiger partial charge < -0.3 is 25.2 Å². The van der Waals surface area contributed by atoms with Crippen LogP contribution in [0.5, 0.6) is 11.5 Å². The predicted molar refractivity (Wildman–Crippen MR) is 119 cm³/mol. The molecule has 3 aromatic rings. The van der Waals surface area contributed by atoms with Crippen LogP contribution in [0.3, 0.4) is 0 Å². The van der Waals surface area contributed by atoms with E-state index in [0.717, 1.165) is 5.56 Å². The number of hydrogen-bond acceptors (Lipinski definition) is 8. The summed E-state index contributed by atoms with van der Waals surface area (Å²) >= 11 is 0. The number of hydrogen-bond donors (Lipinski definition) is 3. The van der Waals surface area contributed by atoms with Gasteiger partial charge in [0.15, 0.2) is 5.82 Å². The zero-order valence-corrected chi connectivity index (χ0v) is 17.8. The van der Waals surface area contributed by atoms with E-state index >= 15 is 0 Å². The first-order valence-corrected chi connectivity index (χ1v) is 10.2. The maximum Gasteiger partial charge on any atom is 0.225 e. The zero-order chi connectivity index (χ0) is 22.1. The summed E-state index contributed by atoms with van der Waals surface area (Å²) in [5.74, 6) is 2.35. The maximum absolute atomic E-state index is 12.4. The second kappa shape index (κ2) is 11.3. The van der Waals surface area contributed by atoms with Gasteiger partial charge in [-0.05, 0) is 43.5 Å². The number of methoxy groups -OCH3 is 2. The van der Waals surface area contributed by atoms with Crippen LogP contribution >= 0.6 is 0 Å². The van der Waals surface area contributed by atoms with Gasteiger partial charge in [0.05, 0.1) is 39.1 Å². The van der Waals surface area contributed by atoms with E-state index in [2.05, 4.69) is 25.6 Å². The minimum absolute atomic E-state index is 0.0869. The Morgan fingerprint density at radius 2 is 2.00 bits per heavy atom. The van der Waals surface area contributed by atoms with Crippen molar-refractivity contribution in [3.8, 4) is 11.5 Å². The Balaban J connectivity index is 1.81. The largest absolute Gasteiger partial charge is 0.497 e. The smallest absolute Gasteiger partial charge is 0.225 e. The van der Waals surface area contributed by atoms with E-state index in [9.17, 15) is 9.50 Å². The minimum atomic E-state index is -0.362. The first-order valence-electron chi connectivity index (χ1n) is 10.2. The molecule has 8 nitrogen and oxygen atoms in total. The minimum Gasteiger partial charge on any atom is -0.497 e. The number of benzene rings is 1. The maximum atomic E-state index is 12.4. The van der Waals surface area contributed by atoms with Gasteiger partial charge in [-0.2, -0.15) is 4.98 Å². The number of alkyl halides is 1. The number of nitrogens with one attached hydrogen (secondary N) is 2. The van der Waals surface area contributed by atoms with Crippen LogP contribution in [0.4, 0.5) is 16.2 Å². The van der Waals surface area contributed by atoms with Gasteiger partial charge in [0.25, 0.3) is 0 Å². The van der Waals surface area contributed by atoms with E-state index in [1.165, 1.54) is 0 Å². The number of anilines is 2. The second-order valence-corrected chi connectivity index (χ2v) is 7.01. The molecule has 1 aromatic carbocycles. The highest BCUT2D eigenvalue weighted by atomic mass is 19.1. The monoisotopic (exact) mass is 429 g/mol. The fourth-order valence-electron chi connectivity index (χ4n) is 3.21. The van der Waals surface area contributed by atoms with Crippen LogP contribution in [0.2, 0.25) is 0 Å². The summed E-state index contributed by atoms with van der Waals surface area (Å²) in [5.41, 5.74) is 2.20. The van der Waals surface area contributed by atoms with Crippen LogP contribution in [0.1, 0.15) is 24.8 Å². The first kappa shape index (κ1) is 22.5. The third-order valence-corrected chi connectivity index (χ3v) is 4.88. The highest BCUT2D eigenvalue weighted by Gasteiger charge is 2.14. The van der Waals surface area contributed by atoms with Crippen molar-refractivity contribution in [1.29, 1.82) is 0 Å². The van der Waals surface area contributed by atoms with Gasteiger partial charge in [-0.3, -0.25) is 9.37 Å². The number of aliphatic hydroxyl groups is 1. The summed E-state index contributed by atoms with van der Waals surface area (Å²) in [6.45, 7) is -0.00619. The number of pyridine rings is 1. The molecule has 0 radical (unpaired) electrons. The Bertz CT molecular complexity index is 989. The lowest BCUT2D eigenvalue weighted by Gasteiger charge is -2.18. The zero-order valence-electron chi connectivity index (χ0n) is 17.8. The highest BCUT2D eigenvalue weighted by molar-refractivity contribution is 5.86. The molecule has 3 N–H and O–H groups in total. The highest BCUT2D eigenvalue weighted by Crippen LogP contribution is 2.26. The molecule has 0 unspecified atom stereocenters. The van der Waals surface area contributed by atoms with Crippen molar-refractivity contribution in [3.63, 3.8) is 0 Å². The Morgan fingerprint density at radius 1 is 1.13 bits per heavy atom. The topological polar surface area (TPSA) is 101 Å². The summed E-state index contributed by atoms with van der Waals surface area (Å²) in [4.78, 5) is 13.5. The molecule has 31 heavy (non-hydrogen) atoms. The quantitative estimate of drug-likeness (QED) is 0.376. The molecule has 0 spiro atoms. The Kier molecular flexibility index (Phi) is 8.17. The molecule has 2 aromatic heterocycles. The van der Waals surface area contributed by atoms with E-state index < -0.39 is 0 Å². The molecular weight excluding hydrogens is 401 g/mol. The molecule has 0 aliphatic carbocycles. The average molecular weight is 429 g/mol. The van der Waals surface area contributed by atoms with Gasteiger partial charge in [0.2, 0.25) is 5.95 Å². The van der Waals surface area contributed by atoms with Crippen molar-refractivity contribution in [1.82, 2.24) is 15.0 Å². The molecule has 0 aliphatic rings. The fourth-order valence-corrected chi connectivity index (χ4v) is 3.21. The number of rotatable bonds is 12. The van der Waals surface area contributed by atoms with Crippen molar-refractivity contribution in [2.75, 3.05) is 38.1 Å². The Morgan fingerprint density at radius 3 is 2.74 bits per heavy atom. The molecule has 166 valence electrons. The molecule has 3 rings (SSSR count). The van der Waals surface area contributed by atoms with Crippen LogP contribution in [0, 0.1) is 0 Å². The molecular formula is C22H28FN5O3. The number of aliphatic hydroxyl groups excluding tert-OH is 1. The molecule has 0 saturated carbocycles. The van der Waals surface area contributed by atoms with Crippen molar-refractivity contribution >= 4 is 22.8 Å². The van der Waals surface area contributed by atoms with Crippen LogP contribution in [-0.4, -0.2) is 53.6 Å². The number of ether oxygens (including phenoxy) is 2. The lowest BCUT2D eigenvalue weighted by molar-refractivity contribution is 0.265. The molecule has 0 bridgehead atoms. The number of unbranched alkanes of at least 4 members (excludes halogenated alkanes) is 1. The lowest BCUT2D eigenvalue weighted by atomic mass is 10.1. The van der Waals surface area contributed by atoms with Crippen molar-refractivity contribution in [2.45, 2.75) is 31.8 Å². The number of nitrogens with zero attached hydrogens (tertiary/aromatic N) is 3. The van der Waals surface area contributed by atoms with Gasteiger partial charge in [-0.25, -0.2) is 4.98 Å². The standard InChI is InChI=1S/C22H28FN5O3/c1-30-17-9-8-15(19(12-17)31-2)13-25-22-27-18-7-5-11-24-20(18)21(28-22)26-16(14-29)6-3-4-10-23/h5,7-9,11-12,16,29H,3-4,6,10,13-14H2,1-2H3,(H2,25,26,27,28)/t16-/m1/s1. The summed E-state index contributed by atoms with van der Waals surface area (Å²) in [6.07, 6.45) is 3.44. The molecule has 0 aliphatic heterocycles. The second-order valence-electron chi connectivity index (χ2n) is 7.01. The van der Waals surface area contributed by atoms with Crippen LogP contribution in [0.15, 0.2) is 36.5 Å². The van der Waals surface area contributed by atoms with Crippen LogP contribution in [0.25, 0.3) is 11.0 Å². The van der Waals surface area contributed by atoms with Crippen LogP contribution < -0.4 is 20.1 Å². The Hall–Kier alpha value is -3.20. The van der Waals surface area contributed by atoms with Gasteiger partial charge in [0.1, 0.15) is 17.0 Å². The average Bonchev–Trinajstić information content (AvgIpc) is 2.82. The van der Waals surface area contributed by atoms with E-state index in [-0.39, 0.29) is 19.3 Å². The van der Waals surface area contributed by atoms with E-state index in [1.54, 1.807) is 26.5 Å². The van der Waals surface area contributed by atoms with Crippen molar-refractivity contribution in [2.24, 2.45) is 0 Å². The summed E-state index contributed by atoms with van der Waals surface area (Å²) in [7, 11) is 3.21. The van der Waals surface area contributed by atoms with Crippen molar-refractivity contribution < 1.29 is 19.0 Å². The normalized spacial score (nSPS) is 11.9. The lowest BCUT2D eigenvalue weighted by Crippen LogP contribution is -2.25. The summed E-state index contributed by atoms with van der Waals surface area (Å²) in [6, 6.07) is 9.01. The van der Waals surface area contributed by atoms with Gasteiger partial charge in [-0.15, -0.1) is 0 Å². The first-order chi connectivity index (χ1) is 15.2. The van der Waals surface area contributed by atoms with Gasteiger partial charge in [-0.1, -0.05) is 0 Å². The van der Waals surface area contributed by atoms with Gasteiger partial charge >= 0.3 is 0 Å². The van der Waals surface area contributed by atoms with E-state index in [1.807, 2.05) is 24.3 Å². The summed E-state index contributed by atoms with van der Waals surface area (Å²) < 4.78 is 23.1. The number of fused-ring (bicyclic) bond motifs is 1. The molecule has 2 heterocycles. The third kappa shape index (κ3) is 5.91. The van der Waals surface area contributed by atoms with Crippen LogP contribution in [-0.2, 0) is 6.54 Å². The van der Waals surface area contributed by atoms with Gasteiger partial charge in [0, 0.05) is 24.4 Å². The predicted octanol–water partition coefficient (Wildman–Crippen LogP) is 3.57. The molecule has 0 amide bonds. The summed E-state index contributed by atoms with van der Waals surface area (Å²) in [5, 5.41) is 16.2. The van der Waals surface area contributed by atoms with E-state index in [4.69, 9.17) is 9.47 Å². The van der Waals surface area contributed by atoms with E-state index in [0.29, 0.717) is 60.1 Å². The molecule has 0 fully saturated rings. The SMILES string of the molecule is COc1ccc(CNc2nc(N[C@@H](CO)CCCCF)c3ncccc3n2)c(OC)c1. The number of halogens is 1. The molecule has 1 atom stereocenters. The fraction of sp³-hybridized carbons (Fsp3) is 0.409. The molecule has 9 heteroatoms. The molecule has 0 saturated heterocycles.